The van der Waals surface area contributed by atoms with Gasteiger partial charge in [-0.25, -0.2) is 9.78 Å². The third-order valence-corrected chi connectivity index (χ3v) is 8.14. The lowest BCUT2D eigenvalue weighted by Crippen LogP contribution is -2.45. The Labute approximate surface area is 218 Å². The smallest absolute Gasteiger partial charge is 0.331 e. The maximum Gasteiger partial charge on any atom is 0.331 e. The van der Waals surface area contributed by atoms with Crippen LogP contribution < -0.4 is 25.6 Å². The standard InChI is InChI=1S/C28H27N5O3S/c1-16-15-18(36-17-7-4-3-5-8-17)11-12-21(16)33-22-13-14-30-27-23(22)24(32-28(33)35)25(37-27)26(34)31-20-10-6-9-19(20)29-2/h3-5,7-8,11-15,19-20,29H,6,9-10H2,1-2H3,(H,31,34)(H,32,35)/t19-,20?/m0/s1. The van der Waals surface area contributed by atoms with Crippen LogP contribution in [0.2, 0.25) is 0 Å². The number of pyridine rings is 1. The molecule has 1 saturated carbocycles. The molecule has 0 bridgehead atoms. The van der Waals surface area contributed by atoms with Crippen molar-refractivity contribution < 1.29 is 14.3 Å². The van der Waals surface area contributed by atoms with Crippen molar-refractivity contribution in [2.75, 3.05) is 17.3 Å². The third kappa shape index (κ3) is 4.20. The van der Waals surface area contributed by atoms with Crippen LogP contribution >= 0.6 is 11.3 Å². The maximum absolute atomic E-state index is 13.5. The molecule has 1 aliphatic carbocycles. The van der Waals surface area contributed by atoms with Gasteiger partial charge in [-0.2, -0.15) is 0 Å². The van der Waals surface area contributed by atoms with Crippen LogP contribution in [0.3, 0.4) is 0 Å². The van der Waals surface area contributed by atoms with Crippen molar-refractivity contribution in [3.8, 4) is 11.5 Å². The molecular formula is C28H27N5O3S. The molecule has 3 amide bonds. The molecule has 1 aliphatic heterocycles. The average molecular weight is 514 g/mol. The largest absolute Gasteiger partial charge is 0.457 e. The van der Waals surface area contributed by atoms with Gasteiger partial charge in [0.1, 0.15) is 21.2 Å². The van der Waals surface area contributed by atoms with E-state index in [0.29, 0.717) is 26.8 Å². The van der Waals surface area contributed by atoms with Crippen LogP contribution in [0.5, 0.6) is 11.5 Å². The highest BCUT2D eigenvalue weighted by Gasteiger charge is 2.35. The molecule has 2 aromatic carbocycles. The molecule has 37 heavy (non-hydrogen) atoms. The number of carbonyl (C=O) groups excluding carboxylic acids is 2. The van der Waals surface area contributed by atoms with Gasteiger partial charge >= 0.3 is 6.03 Å². The molecule has 4 aromatic rings. The first-order valence-corrected chi connectivity index (χ1v) is 13.2. The number of amides is 3. The van der Waals surface area contributed by atoms with Gasteiger partial charge in [-0.05, 0) is 75.2 Å². The van der Waals surface area contributed by atoms with Crippen LogP contribution in [0.15, 0.2) is 60.8 Å². The van der Waals surface area contributed by atoms with Crippen molar-refractivity contribution >= 4 is 50.6 Å². The molecule has 9 heteroatoms. The number of nitrogens with one attached hydrogen (secondary N) is 3. The summed E-state index contributed by atoms with van der Waals surface area (Å²) in [5, 5.41) is 10.2. The number of likely N-dealkylation sites (N-methyl/N-ethyl adjacent to an activating group) is 1. The van der Waals surface area contributed by atoms with E-state index in [1.807, 2.05) is 68.6 Å². The lowest BCUT2D eigenvalue weighted by Gasteiger charge is -2.29. The number of nitrogens with zero attached hydrogens (tertiary/aromatic N) is 2. The molecule has 3 N–H and O–H groups in total. The maximum atomic E-state index is 13.5. The summed E-state index contributed by atoms with van der Waals surface area (Å²) in [6.07, 6.45) is 4.72. The first-order valence-electron chi connectivity index (χ1n) is 12.4. The van der Waals surface area contributed by atoms with Gasteiger partial charge in [0.2, 0.25) is 0 Å². The van der Waals surface area contributed by atoms with Gasteiger partial charge in [-0.3, -0.25) is 9.69 Å². The molecule has 0 spiro atoms. The second-order valence-corrected chi connectivity index (χ2v) is 10.4. The van der Waals surface area contributed by atoms with E-state index in [1.165, 1.54) is 11.3 Å². The molecule has 2 atom stereocenters. The van der Waals surface area contributed by atoms with E-state index in [2.05, 4.69) is 20.9 Å². The Balaban J connectivity index is 1.34. The number of aryl methyl sites for hydroxylation is 1. The number of aromatic nitrogens is 1. The zero-order chi connectivity index (χ0) is 25.5. The second kappa shape index (κ2) is 9.49. The number of para-hydroxylation sites is 1. The Morgan fingerprint density at radius 3 is 2.68 bits per heavy atom. The highest BCUT2D eigenvalue weighted by atomic mass is 32.1. The SMILES string of the molecule is CN[C@H]1CCCC1NC(=O)c1sc2nccc3c2c1NC(=O)N3c1ccc(Oc2ccccc2)cc1C. The molecule has 0 saturated heterocycles. The molecule has 2 aromatic heterocycles. The van der Waals surface area contributed by atoms with Crippen LogP contribution in [0.4, 0.5) is 21.9 Å². The predicted molar refractivity (Wildman–Crippen MR) is 146 cm³/mol. The summed E-state index contributed by atoms with van der Waals surface area (Å²) in [4.78, 5) is 34.1. The average Bonchev–Trinajstić information content (AvgIpc) is 3.50. The topological polar surface area (TPSA) is 95.6 Å². The number of hydrogen-bond acceptors (Lipinski definition) is 6. The van der Waals surface area contributed by atoms with Crippen molar-refractivity contribution in [2.45, 2.75) is 38.3 Å². The third-order valence-electron chi connectivity index (χ3n) is 7.04. The van der Waals surface area contributed by atoms with E-state index >= 15 is 0 Å². The van der Waals surface area contributed by atoms with Crippen LogP contribution in [0.1, 0.15) is 34.5 Å². The zero-order valence-electron chi connectivity index (χ0n) is 20.6. The minimum absolute atomic E-state index is 0.0670. The first-order chi connectivity index (χ1) is 18.0. The molecule has 0 radical (unpaired) electrons. The molecule has 1 unspecified atom stereocenters. The molecule has 3 heterocycles. The minimum Gasteiger partial charge on any atom is -0.457 e. The lowest BCUT2D eigenvalue weighted by atomic mass is 10.1. The van der Waals surface area contributed by atoms with E-state index in [9.17, 15) is 9.59 Å². The van der Waals surface area contributed by atoms with Crippen molar-refractivity contribution in [3.63, 3.8) is 0 Å². The lowest BCUT2D eigenvalue weighted by molar-refractivity contribution is 0.0937. The number of urea groups is 1. The number of rotatable bonds is 6. The number of anilines is 3. The molecule has 2 aliphatic rings. The van der Waals surface area contributed by atoms with Crippen molar-refractivity contribution in [2.24, 2.45) is 0 Å². The van der Waals surface area contributed by atoms with Gasteiger partial charge in [0.15, 0.2) is 0 Å². The van der Waals surface area contributed by atoms with Gasteiger partial charge in [-0.1, -0.05) is 18.2 Å². The van der Waals surface area contributed by atoms with E-state index in [-0.39, 0.29) is 24.0 Å². The van der Waals surface area contributed by atoms with Crippen LogP contribution in [0, 0.1) is 6.92 Å². The van der Waals surface area contributed by atoms with E-state index in [4.69, 9.17) is 4.74 Å². The monoisotopic (exact) mass is 513 g/mol. The fourth-order valence-electron chi connectivity index (χ4n) is 5.26. The van der Waals surface area contributed by atoms with Gasteiger partial charge in [-0.15, -0.1) is 11.3 Å². The molecule has 8 nitrogen and oxygen atoms in total. The molecule has 6 rings (SSSR count). The number of benzene rings is 2. The zero-order valence-corrected chi connectivity index (χ0v) is 21.4. The van der Waals surface area contributed by atoms with Crippen molar-refractivity contribution in [1.82, 2.24) is 15.6 Å². The number of carbonyl (C=O) groups is 2. The van der Waals surface area contributed by atoms with Gasteiger partial charge in [0.05, 0.1) is 22.4 Å². The van der Waals surface area contributed by atoms with Gasteiger partial charge < -0.3 is 20.7 Å². The van der Waals surface area contributed by atoms with Gasteiger partial charge in [0, 0.05) is 18.3 Å². The Bertz CT molecular complexity index is 1500. The van der Waals surface area contributed by atoms with E-state index in [1.54, 1.807) is 11.1 Å². The van der Waals surface area contributed by atoms with Crippen LogP contribution in [-0.2, 0) is 0 Å². The molecule has 1 fully saturated rings. The first kappa shape index (κ1) is 23.4. The normalized spacial score (nSPS) is 18.6. The Kier molecular flexibility index (Phi) is 6.02. The summed E-state index contributed by atoms with van der Waals surface area (Å²) < 4.78 is 5.97. The number of ether oxygens (including phenoxy) is 1. The number of thiophene rings is 1. The Morgan fingerprint density at radius 1 is 1.08 bits per heavy atom. The summed E-state index contributed by atoms with van der Waals surface area (Å²) >= 11 is 1.31. The summed E-state index contributed by atoms with van der Waals surface area (Å²) in [5.41, 5.74) is 2.84. The predicted octanol–water partition coefficient (Wildman–Crippen LogP) is 5.95. The van der Waals surface area contributed by atoms with E-state index in [0.717, 1.165) is 41.6 Å². The molecule has 188 valence electrons. The summed E-state index contributed by atoms with van der Waals surface area (Å²) in [5.74, 6) is 1.25. The highest BCUT2D eigenvalue weighted by molar-refractivity contribution is 7.21. The van der Waals surface area contributed by atoms with Crippen LogP contribution in [0.25, 0.3) is 10.2 Å². The van der Waals surface area contributed by atoms with E-state index < -0.39 is 0 Å². The molecular weight excluding hydrogens is 486 g/mol. The Morgan fingerprint density at radius 2 is 1.89 bits per heavy atom. The minimum atomic E-state index is -0.318. The second-order valence-electron chi connectivity index (χ2n) is 9.35. The summed E-state index contributed by atoms with van der Waals surface area (Å²) in [6, 6.07) is 17.0. The summed E-state index contributed by atoms with van der Waals surface area (Å²) in [7, 11) is 1.92. The fourth-order valence-corrected chi connectivity index (χ4v) is 6.29. The highest BCUT2D eigenvalue weighted by Crippen LogP contribution is 2.46. The Hall–Kier alpha value is -3.95. The van der Waals surface area contributed by atoms with Crippen LogP contribution in [-0.4, -0.2) is 36.1 Å². The van der Waals surface area contributed by atoms with Crippen molar-refractivity contribution in [3.05, 3.63) is 71.2 Å². The quantitative estimate of drug-likeness (QED) is 0.296. The summed E-state index contributed by atoms with van der Waals surface area (Å²) in [6.45, 7) is 1.95. The number of hydrogen-bond donors (Lipinski definition) is 3. The fraction of sp³-hybridized carbons (Fsp3) is 0.250. The van der Waals surface area contributed by atoms with Crippen molar-refractivity contribution in [1.29, 1.82) is 0 Å². The van der Waals surface area contributed by atoms with Gasteiger partial charge in [0.25, 0.3) is 5.91 Å².